The van der Waals surface area contributed by atoms with Crippen molar-refractivity contribution in [2.24, 2.45) is 12.2 Å². The number of oxime groups is 1. The lowest BCUT2D eigenvalue weighted by Gasteiger charge is -2.21. The van der Waals surface area contributed by atoms with Gasteiger partial charge >= 0.3 is 11.9 Å². The summed E-state index contributed by atoms with van der Waals surface area (Å²) in [5.74, 6) is -1.16. The van der Waals surface area contributed by atoms with Gasteiger partial charge in [-0.25, -0.2) is 17.5 Å². The van der Waals surface area contributed by atoms with Crippen LogP contribution in [0.3, 0.4) is 0 Å². The first kappa shape index (κ1) is 19.4. The van der Waals surface area contributed by atoms with Gasteiger partial charge in [0.05, 0.1) is 5.69 Å². The highest BCUT2D eigenvalue weighted by Crippen LogP contribution is 2.45. The quantitative estimate of drug-likeness (QED) is 0.736. The van der Waals surface area contributed by atoms with E-state index < -0.39 is 55.7 Å². The molecule has 2 rings (SSSR count). The van der Waals surface area contributed by atoms with Crippen molar-refractivity contribution in [3.63, 3.8) is 0 Å². The van der Waals surface area contributed by atoms with Crippen LogP contribution in [0.1, 0.15) is 25.1 Å². The highest BCUT2D eigenvalue weighted by Gasteiger charge is 2.60. The molecule has 1 unspecified atom stereocenters. The van der Waals surface area contributed by atoms with Gasteiger partial charge in [0.1, 0.15) is 5.56 Å². The van der Waals surface area contributed by atoms with Gasteiger partial charge in [-0.05, 0) is 20.8 Å². The van der Waals surface area contributed by atoms with E-state index in [2.05, 4.69) is 19.8 Å². The molecule has 0 aromatic carbocycles. The highest BCUT2D eigenvalue weighted by molar-refractivity contribution is 8.07. The Hall–Kier alpha value is -1.92. The number of rotatable bonds is 4. The fourth-order valence-electron chi connectivity index (χ4n) is 2.20. The van der Waals surface area contributed by atoms with E-state index in [0.29, 0.717) is 4.68 Å². The molecule has 1 aliphatic rings. The maximum absolute atomic E-state index is 14.7. The molecule has 25 heavy (non-hydrogen) atoms. The predicted octanol–water partition coefficient (Wildman–Crippen LogP) is 2.25. The number of nitrogens with zero attached hydrogens (tertiary/aromatic N) is 3. The summed E-state index contributed by atoms with van der Waals surface area (Å²) < 4.78 is 97.6. The van der Waals surface area contributed by atoms with Gasteiger partial charge in [-0.2, -0.15) is 22.7 Å². The Labute approximate surface area is 139 Å². The van der Waals surface area contributed by atoms with Crippen LogP contribution in [0.5, 0.6) is 5.88 Å². The summed E-state index contributed by atoms with van der Waals surface area (Å²) in [7, 11) is -4.73. The zero-order valence-electron chi connectivity index (χ0n) is 13.4. The highest BCUT2D eigenvalue weighted by atomic mass is 32.2. The van der Waals surface area contributed by atoms with Gasteiger partial charge in [0, 0.05) is 7.05 Å². The van der Waals surface area contributed by atoms with E-state index in [9.17, 15) is 30.4 Å². The SMILES string of the molecule is Cc1nn(C)c(OC(F)F)c1C(F)(F)S(=O)(=O)C1=NOC(C)(C)C1F. The monoisotopic (exact) mass is 391 g/mol. The predicted molar refractivity (Wildman–Crippen MR) is 74.9 cm³/mol. The molecule has 0 spiro atoms. The maximum Gasteiger partial charge on any atom is 0.388 e. The minimum absolute atomic E-state index is 0.532. The molecule has 1 aromatic heterocycles. The van der Waals surface area contributed by atoms with Crippen LogP contribution >= 0.6 is 0 Å². The van der Waals surface area contributed by atoms with Crippen molar-refractivity contribution in [2.45, 2.75) is 44.4 Å². The van der Waals surface area contributed by atoms with Crippen LogP contribution in [0, 0.1) is 6.92 Å². The molecular weight excluding hydrogens is 377 g/mol. The lowest BCUT2D eigenvalue weighted by molar-refractivity contribution is -0.0583. The number of alkyl halides is 5. The Balaban J connectivity index is 2.60. The Morgan fingerprint density at radius 1 is 1.36 bits per heavy atom. The molecule has 1 aromatic rings. The standard InChI is InChI=1S/C12H14F5N3O4S/c1-5-6(9(20(4)18-5)23-10(14)15)12(16,17)25(21,22)8-7(13)11(2,3)24-19-8/h7,10H,1-4H3. The summed E-state index contributed by atoms with van der Waals surface area (Å²) in [6.07, 6.45) is -2.47. The molecule has 0 radical (unpaired) electrons. The number of hydrogen-bond donors (Lipinski definition) is 0. The summed E-state index contributed by atoms with van der Waals surface area (Å²) in [6, 6.07) is 0. The largest absolute Gasteiger partial charge is 0.417 e. The summed E-state index contributed by atoms with van der Waals surface area (Å²) >= 11 is 0. The van der Waals surface area contributed by atoms with Crippen LogP contribution < -0.4 is 4.74 Å². The molecule has 1 aliphatic heterocycles. The molecule has 1 atom stereocenters. The first-order chi connectivity index (χ1) is 11.2. The van der Waals surface area contributed by atoms with E-state index in [1.165, 1.54) is 0 Å². The zero-order valence-corrected chi connectivity index (χ0v) is 14.2. The second-order valence-electron chi connectivity index (χ2n) is 5.77. The molecule has 0 N–H and O–H groups in total. The maximum atomic E-state index is 14.7. The van der Waals surface area contributed by atoms with E-state index in [1.807, 2.05) is 0 Å². The van der Waals surface area contributed by atoms with E-state index in [4.69, 9.17) is 0 Å². The molecule has 0 bridgehead atoms. The van der Waals surface area contributed by atoms with Gasteiger partial charge in [0.2, 0.25) is 10.9 Å². The van der Waals surface area contributed by atoms with Gasteiger partial charge in [-0.1, -0.05) is 5.16 Å². The second-order valence-corrected chi connectivity index (χ2v) is 7.71. The molecule has 7 nitrogen and oxygen atoms in total. The summed E-state index contributed by atoms with van der Waals surface area (Å²) in [5, 5.41) is 0.0203. The Morgan fingerprint density at radius 2 is 1.92 bits per heavy atom. The summed E-state index contributed by atoms with van der Waals surface area (Å²) in [6.45, 7) is -0.307. The molecule has 13 heteroatoms. The Morgan fingerprint density at radius 3 is 2.36 bits per heavy atom. The van der Waals surface area contributed by atoms with Crippen molar-refractivity contribution in [3.05, 3.63) is 11.3 Å². The van der Waals surface area contributed by atoms with Crippen LogP contribution in [-0.4, -0.2) is 41.6 Å². The minimum atomic E-state index is -5.74. The zero-order chi connectivity index (χ0) is 19.4. The fourth-order valence-corrected chi connectivity index (χ4v) is 3.65. The van der Waals surface area contributed by atoms with Gasteiger partial charge in [0.25, 0.3) is 9.84 Å². The van der Waals surface area contributed by atoms with Crippen molar-refractivity contribution in [2.75, 3.05) is 0 Å². The lowest BCUT2D eigenvalue weighted by atomic mass is 10.1. The van der Waals surface area contributed by atoms with Crippen molar-refractivity contribution in [1.29, 1.82) is 0 Å². The molecule has 0 amide bonds. The van der Waals surface area contributed by atoms with E-state index in [0.717, 1.165) is 27.8 Å². The van der Waals surface area contributed by atoms with Gasteiger partial charge in [-0.3, -0.25) is 0 Å². The average Bonchev–Trinajstić information content (AvgIpc) is 2.86. The average molecular weight is 391 g/mol. The third-order valence-corrected chi connectivity index (χ3v) is 5.18. The van der Waals surface area contributed by atoms with Gasteiger partial charge < -0.3 is 9.57 Å². The molecule has 0 fully saturated rings. The number of ether oxygens (including phenoxy) is 1. The normalized spacial score (nSPS) is 20.6. The van der Waals surface area contributed by atoms with Crippen LogP contribution in [0.4, 0.5) is 22.0 Å². The summed E-state index contributed by atoms with van der Waals surface area (Å²) in [5.41, 5.74) is -3.78. The second kappa shape index (κ2) is 5.81. The molecular formula is C12H14F5N3O4S. The van der Waals surface area contributed by atoms with Crippen molar-refractivity contribution in [1.82, 2.24) is 9.78 Å². The Bertz CT molecular complexity index is 819. The number of aromatic nitrogens is 2. The Kier molecular flexibility index (Phi) is 4.51. The van der Waals surface area contributed by atoms with Crippen molar-refractivity contribution in [3.8, 4) is 5.88 Å². The van der Waals surface area contributed by atoms with Crippen LogP contribution in [0.2, 0.25) is 0 Å². The number of aryl methyl sites for hydroxylation is 2. The topological polar surface area (TPSA) is 82.8 Å². The molecule has 0 saturated carbocycles. The van der Waals surface area contributed by atoms with Crippen LogP contribution in [0.15, 0.2) is 5.16 Å². The van der Waals surface area contributed by atoms with Crippen molar-refractivity contribution >= 4 is 14.9 Å². The van der Waals surface area contributed by atoms with Gasteiger partial charge in [0.15, 0.2) is 11.8 Å². The third kappa shape index (κ3) is 2.93. The molecule has 0 aliphatic carbocycles. The third-order valence-electron chi connectivity index (χ3n) is 3.47. The number of hydrogen-bond acceptors (Lipinski definition) is 6. The van der Waals surface area contributed by atoms with E-state index >= 15 is 0 Å². The van der Waals surface area contributed by atoms with Crippen LogP contribution in [0.25, 0.3) is 0 Å². The molecule has 2 heterocycles. The first-order valence-corrected chi connectivity index (χ1v) is 8.23. The number of halogens is 5. The molecule has 0 saturated heterocycles. The summed E-state index contributed by atoms with van der Waals surface area (Å²) in [4.78, 5) is 4.54. The lowest BCUT2D eigenvalue weighted by Crippen LogP contribution is -2.42. The van der Waals surface area contributed by atoms with E-state index in [-0.39, 0.29) is 0 Å². The number of sulfone groups is 1. The van der Waals surface area contributed by atoms with Gasteiger partial charge in [-0.15, -0.1) is 0 Å². The molecule has 142 valence electrons. The fraction of sp³-hybridized carbons (Fsp3) is 0.667. The van der Waals surface area contributed by atoms with Crippen molar-refractivity contribution < 1.29 is 39.9 Å². The van der Waals surface area contributed by atoms with Crippen LogP contribution in [-0.2, 0) is 27.0 Å². The minimum Gasteiger partial charge on any atom is -0.417 e. The van der Waals surface area contributed by atoms with E-state index in [1.54, 1.807) is 0 Å². The smallest absolute Gasteiger partial charge is 0.388 e. The first-order valence-electron chi connectivity index (χ1n) is 6.75.